The van der Waals surface area contributed by atoms with Crippen molar-refractivity contribution in [2.75, 3.05) is 0 Å². The van der Waals surface area contributed by atoms with E-state index in [1.807, 2.05) is 0 Å². The van der Waals surface area contributed by atoms with Gasteiger partial charge in [-0.05, 0) is 0 Å². The maximum atomic E-state index is 2.33. The number of hydrogen-bond acceptors (Lipinski definition) is 0. The molecule has 0 aromatic rings. The van der Waals surface area contributed by atoms with Gasteiger partial charge in [0.05, 0.1) is 0 Å². The van der Waals surface area contributed by atoms with Crippen LogP contribution in [0.2, 0.25) is 5.09 Å². The molecule has 0 nitrogen and oxygen atoms in total. The maximum absolute atomic E-state index is 2.33. The van der Waals surface area contributed by atoms with Crippen LogP contribution in [0, 0.1) is 5.41 Å². The van der Waals surface area contributed by atoms with Crippen LogP contribution in [0.25, 0.3) is 0 Å². The van der Waals surface area contributed by atoms with Gasteiger partial charge in [0.1, 0.15) is 0 Å². The van der Waals surface area contributed by atoms with Crippen LogP contribution >= 0.6 is 0 Å². The molecule has 0 aliphatic heterocycles. The molecule has 0 aliphatic rings. The summed E-state index contributed by atoms with van der Waals surface area (Å²) in [5.41, 5.74) is 0.592. The molecule has 0 unspecified atom stereocenters. The van der Waals surface area contributed by atoms with Gasteiger partial charge in [-0.25, -0.2) is 0 Å². The van der Waals surface area contributed by atoms with Crippen molar-refractivity contribution < 1.29 is 0 Å². The first-order valence-corrected chi connectivity index (χ1v) is 3.62. The third-order valence-corrected chi connectivity index (χ3v) is 1.88. The predicted molar refractivity (Wildman–Crippen MR) is 39.2 cm³/mol. The quantitative estimate of drug-likeness (QED) is 0.484. The Morgan fingerprint density at radius 3 is 2.00 bits per heavy atom. The van der Waals surface area contributed by atoms with E-state index >= 15 is 0 Å². The van der Waals surface area contributed by atoms with Crippen molar-refractivity contribution in [2.24, 2.45) is 5.41 Å². The van der Waals surface area contributed by atoms with Crippen LogP contribution in [0.5, 0.6) is 0 Å². The minimum absolute atomic E-state index is 0.592. The van der Waals surface area contributed by atoms with E-state index < -0.39 is 0 Å². The van der Waals surface area contributed by atoms with Crippen molar-refractivity contribution >= 4 is 17.7 Å². The summed E-state index contributed by atoms with van der Waals surface area (Å²) in [5, 5.41) is 1.32. The summed E-state index contributed by atoms with van der Waals surface area (Å²) in [6.07, 6.45) is 2.67. The van der Waals surface area contributed by atoms with E-state index in [2.05, 4.69) is 38.5 Å². The van der Waals surface area contributed by atoms with Crippen molar-refractivity contribution in [3.63, 3.8) is 0 Å². The zero-order valence-corrected chi connectivity index (χ0v) is 6.62. The van der Waals surface area contributed by atoms with Gasteiger partial charge in [-0.2, -0.15) is 0 Å². The van der Waals surface area contributed by atoms with Crippen molar-refractivity contribution in [3.05, 3.63) is 0 Å². The zero-order valence-electron chi connectivity index (χ0n) is 6.62. The first-order valence-electron chi connectivity index (χ1n) is 3.62. The summed E-state index contributed by atoms with van der Waals surface area (Å²) in [6, 6.07) is 0. The molecule has 0 radical (unpaired) electrons. The Morgan fingerprint density at radius 1 is 1.38 bits per heavy atom. The Labute approximate surface area is 62.3 Å². The second kappa shape index (κ2) is 3.59. The molecule has 0 aromatic heterocycles. The van der Waals surface area contributed by atoms with Gasteiger partial charge >= 0.3 is 61.8 Å². The van der Waals surface area contributed by atoms with Crippen LogP contribution in [0.1, 0.15) is 33.6 Å². The summed E-state index contributed by atoms with van der Waals surface area (Å²) >= 11 is 2.25. The zero-order chi connectivity index (χ0) is 6.62. The van der Waals surface area contributed by atoms with Gasteiger partial charge in [-0.15, -0.1) is 0 Å². The van der Waals surface area contributed by atoms with Crippen LogP contribution in [0.4, 0.5) is 0 Å². The summed E-state index contributed by atoms with van der Waals surface area (Å²) in [6.45, 7) is 6.92. The molecule has 0 atom stereocenters. The molecule has 0 aromatic carbocycles. The molecule has 0 saturated heterocycles. The van der Waals surface area contributed by atoms with E-state index in [1.54, 1.807) is 0 Å². The Hall–Kier alpha value is 0.597. The average molecular weight is 106 g/mol. The van der Waals surface area contributed by atoms with Crippen molar-refractivity contribution in [3.8, 4) is 0 Å². The van der Waals surface area contributed by atoms with Crippen LogP contribution in [0.3, 0.4) is 0 Å². The third kappa shape index (κ3) is 3.58. The molecule has 0 heterocycles. The fraction of sp³-hybridized carbons (Fsp3) is 1.00. The predicted octanol–water partition coefficient (Wildman–Crippen LogP) is 2.40. The molecule has 0 fully saturated rings. The van der Waals surface area contributed by atoms with E-state index in [0.717, 1.165) is 0 Å². The Bertz CT molecular complexity index is 57.4. The van der Waals surface area contributed by atoms with E-state index in [0.29, 0.717) is 5.41 Å². The van der Waals surface area contributed by atoms with Crippen molar-refractivity contribution in [1.82, 2.24) is 0 Å². The van der Waals surface area contributed by atoms with Crippen LogP contribution in [-0.4, -0.2) is 17.7 Å². The van der Waals surface area contributed by atoms with Crippen LogP contribution in [0.15, 0.2) is 0 Å². The summed E-state index contributed by atoms with van der Waals surface area (Å²) in [7, 11) is 0. The SMILES string of the molecule is [Li][CH2]CC(C)(C)CC. The molecule has 8 heavy (non-hydrogen) atoms. The molecule has 0 rings (SSSR count). The fourth-order valence-corrected chi connectivity index (χ4v) is 0.854. The topological polar surface area (TPSA) is 0 Å². The average Bonchev–Trinajstić information content (AvgIpc) is 1.67. The molecular formula is C7H15Li. The minimum atomic E-state index is 0.592. The molecule has 0 spiro atoms. The third-order valence-electron chi connectivity index (χ3n) is 1.88. The van der Waals surface area contributed by atoms with Gasteiger partial charge in [-0.1, -0.05) is 0 Å². The summed E-state index contributed by atoms with van der Waals surface area (Å²) in [5.74, 6) is 0. The Balaban J connectivity index is 3.37. The molecule has 0 amide bonds. The summed E-state index contributed by atoms with van der Waals surface area (Å²) < 4.78 is 0. The van der Waals surface area contributed by atoms with Gasteiger partial charge in [0.25, 0.3) is 0 Å². The summed E-state index contributed by atoms with van der Waals surface area (Å²) in [4.78, 5) is 0. The van der Waals surface area contributed by atoms with Crippen molar-refractivity contribution in [1.29, 1.82) is 0 Å². The second-order valence-electron chi connectivity index (χ2n) is 3.27. The first kappa shape index (κ1) is 8.60. The normalized spacial score (nSPS) is 12.1. The van der Waals surface area contributed by atoms with Gasteiger partial charge in [0, 0.05) is 0 Å². The fourth-order valence-electron chi connectivity index (χ4n) is 0.854. The van der Waals surface area contributed by atoms with Crippen molar-refractivity contribution in [2.45, 2.75) is 38.7 Å². The van der Waals surface area contributed by atoms with Crippen LogP contribution < -0.4 is 0 Å². The molecule has 0 aliphatic carbocycles. The second-order valence-corrected chi connectivity index (χ2v) is 3.27. The van der Waals surface area contributed by atoms with E-state index in [4.69, 9.17) is 0 Å². The molecular weight excluding hydrogens is 91.0 g/mol. The van der Waals surface area contributed by atoms with Gasteiger partial charge in [0.2, 0.25) is 0 Å². The molecule has 44 valence electrons. The van der Waals surface area contributed by atoms with Gasteiger partial charge in [0.15, 0.2) is 0 Å². The van der Waals surface area contributed by atoms with Gasteiger partial charge in [-0.3, -0.25) is 0 Å². The van der Waals surface area contributed by atoms with Gasteiger partial charge < -0.3 is 0 Å². The van der Waals surface area contributed by atoms with Crippen LogP contribution in [-0.2, 0) is 0 Å². The molecule has 0 N–H and O–H groups in total. The Kier molecular flexibility index (Phi) is 3.86. The number of hydrogen-bond donors (Lipinski definition) is 0. The number of rotatable bonds is 3. The standard InChI is InChI=1S/C7H15.Li/c1-5-7(3,4)6-2;/h1,5-6H2,2-4H3;. The molecule has 0 saturated carbocycles. The van der Waals surface area contributed by atoms with E-state index in [9.17, 15) is 0 Å². The Morgan fingerprint density at radius 2 is 1.88 bits per heavy atom. The first-order chi connectivity index (χ1) is 3.62. The van der Waals surface area contributed by atoms with E-state index in [1.165, 1.54) is 17.9 Å². The molecule has 0 bridgehead atoms. The molecule has 1 heteroatoms. The van der Waals surface area contributed by atoms with E-state index in [-0.39, 0.29) is 0 Å². The monoisotopic (exact) mass is 106 g/mol.